The van der Waals surface area contributed by atoms with Crippen LogP contribution in [0.5, 0.6) is 11.5 Å². The van der Waals surface area contributed by atoms with Gasteiger partial charge in [-0.1, -0.05) is 66.7 Å². The number of hydrogen-bond acceptors (Lipinski definition) is 3. The van der Waals surface area contributed by atoms with Gasteiger partial charge in [-0.25, -0.2) is 0 Å². The first-order chi connectivity index (χ1) is 18.1. The Kier molecular flexibility index (Phi) is 5.68. The molecule has 0 saturated heterocycles. The van der Waals surface area contributed by atoms with Gasteiger partial charge in [0.1, 0.15) is 11.5 Å². The fraction of sp³-hybridized carbons (Fsp3) is 0.156. The fourth-order valence-corrected chi connectivity index (χ4v) is 5.59. The van der Waals surface area contributed by atoms with Crippen LogP contribution in [-0.4, -0.2) is 30.0 Å². The third-order valence-electron chi connectivity index (χ3n) is 7.39. The van der Waals surface area contributed by atoms with Crippen molar-refractivity contribution in [3.05, 3.63) is 119 Å². The molecule has 5 heteroatoms. The van der Waals surface area contributed by atoms with E-state index >= 15 is 0 Å². The molecule has 4 aromatic carbocycles. The monoisotopic (exact) mass is 488 g/mol. The molecule has 0 saturated carbocycles. The molecule has 2 atom stereocenters. The Balaban J connectivity index is 1.65. The van der Waals surface area contributed by atoms with E-state index in [-0.39, 0.29) is 18.0 Å². The lowest BCUT2D eigenvalue weighted by molar-refractivity contribution is 0.0678. The van der Waals surface area contributed by atoms with E-state index in [0.717, 1.165) is 55.9 Å². The summed E-state index contributed by atoms with van der Waals surface area (Å²) in [6, 6.07) is 31.8. The summed E-state index contributed by atoms with van der Waals surface area (Å²) in [5.74, 6) is 1.50. The molecule has 1 aromatic heterocycles. The highest BCUT2D eigenvalue weighted by Gasteiger charge is 2.43. The molecule has 37 heavy (non-hydrogen) atoms. The second-order valence-electron chi connectivity index (χ2n) is 9.31. The van der Waals surface area contributed by atoms with Gasteiger partial charge in [-0.15, -0.1) is 0 Å². The molecule has 184 valence electrons. The van der Waals surface area contributed by atoms with Crippen LogP contribution < -0.4 is 9.47 Å². The molecule has 0 aliphatic carbocycles. The first-order valence-electron chi connectivity index (χ1n) is 12.4. The second-order valence-corrected chi connectivity index (χ2v) is 9.31. The number of nitrogens with zero attached hydrogens (tertiary/aromatic N) is 1. The van der Waals surface area contributed by atoms with Gasteiger partial charge in [0.2, 0.25) is 0 Å². The third kappa shape index (κ3) is 3.66. The largest absolute Gasteiger partial charge is 0.497 e. The smallest absolute Gasteiger partial charge is 0.255 e. The molecule has 1 N–H and O–H groups in total. The first kappa shape index (κ1) is 22.9. The predicted octanol–water partition coefficient (Wildman–Crippen LogP) is 7.16. The molecule has 1 aliphatic rings. The van der Waals surface area contributed by atoms with Crippen molar-refractivity contribution < 1.29 is 14.3 Å². The standard InChI is InChI=1S/C32H28N2O3/c1-20(21-11-5-4-6-12-21)34-31(23-13-7-8-14-24(23)32(34)35)29-25-15-9-10-16-27(25)33-30(29)26-19-22(36-2)17-18-28(26)37-3/h4-20,31,33H,1-3H3/t20-,31-/m0/s1. The highest BCUT2D eigenvalue weighted by atomic mass is 16.5. The number of fused-ring (bicyclic) bond motifs is 2. The molecule has 0 fully saturated rings. The van der Waals surface area contributed by atoms with E-state index in [4.69, 9.17) is 9.47 Å². The summed E-state index contributed by atoms with van der Waals surface area (Å²) in [5.41, 5.74) is 6.68. The van der Waals surface area contributed by atoms with E-state index in [0.29, 0.717) is 0 Å². The molecule has 0 bridgehead atoms. The van der Waals surface area contributed by atoms with Gasteiger partial charge in [0.25, 0.3) is 5.91 Å². The minimum atomic E-state index is -0.291. The average Bonchev–Trinajstić information content (AvgIpc) is 3.47. The molecule has 0 radical (unpaired) electrons. The molecule has 0 spiro atoms. The van der Waals surface area contributed by atoms with Gasteiger partial charge >= 0.3 is 0 Å². The van der Waals surface area contributed by atoms with Crippen LogP contribution in [0.15, 0.2) is 97.1 Å². The summed E-state index contributed by atoms with van der Waals surface area (Å²) >= 11 is 0. The van der Waals surface area contributed by atoms with Crippen molar-refractivity contribution in [2.24, 2.45) is 0 Å². The van der Waals surface area contributed by atoms with Crippen LogP contribution in [0.3, 0.4) is 0 Å². The van der Waals surface area contributed by atoms with Crippen molar-refractivity contribution in [2.75, 3.05) is 14.2 Å². The van der Waals surface area contributed by atoms with Crippen molar-refractivity contribution in [3.8, 4) is 22.8 Å². The summed E-state index contributed by atoms with van der Waals surface area (Å²) in [4.78, 5) is 19.7. The number of nitrogens with one attached hydrogen (secondary N) is 1. The van der Waals surface area contributed by atoms with E-state index in [1.807, 2.05) is 71.6 Å². The van der Waals surface area contributed by atoms with Crippen LogP contribution in [0.1, 0.15) is 46.1 Å². The van der Waals surface area contributed by atoms with Gasteiger partial charge in [-0.3, -0.25) is 4.79 Å². The zero-order valence-corrected chi connectivity index (χ0v) is 21.1. The maximum atomic E-state index is 14.0. The molecule has 1 aliphatic heterocycles. The highest BCUT2D eigenvalue weighted by molar-refractivity contribution is 6.02. The Morgan fingerprint density at radius 2 is 1.54 bits per heavy atom. The molecule has 6 rings (SSSR count). The van der Waals surface area contributed by atoms with Gasteiger partial charge in [0.05, 0.1) is 32.0 Å². The van der Waals surface area contributed by atoms with E-state index in [2.05, 4.69) is 42.2 Å². The normalized spacial score (nSPS) is 15.6. The number of rotatable bonds is 6. The number of H-pyrrole nitrogens is 1. The van der Waals surface area contributed by atoms with Gasteiger partial charge in [-0.2, -0.15) is 0 Å². The number of para-hydroxylation sites is 1. The number of amides is 1. The van der Waals surface area contributed by atoms with E-state index in [1.165, 1.54) is 0 Å². The van der Waals surface area contributed by atoms with Crippen LogP contribution in [0, 0.1) is 0 Å². The van der Waals surface area contributed by atoms with Crippen LogP contribution in [0.2, 0.25) is 0 Å². The molecule has 5 nitrogen and oxygen atoms in total. The first-order valence-corrected chi connectivity index (χ1v) is 12.4. The van der Waals surface area contributed by atoms with Gasteiger partial charge < -0.3 is 19.4 Å². The second kappa shape index (κ2) is 9.17. The highest BCUT2D eigenvalue weighted by Crippen LogP contribution is 2.49. The number of ether oxygens (including phenoxy) is 2. The Bertz CT molecular complexity index is 1610. The van der Waals surface area contributed by atoms with Gasteiger partial charge in [0, 0.05) is 27.6 Å². The number of aromatic amines is 1. The maximum absolute atomic E-state index is 14.0. The minimum Gasteiger partial charge on any atom is -0.497 e. The number of carbonyl (C=O) groups is 1. The molecule has 2 heterocycles. The van der Waals surface area contributed by atoms with E-state index < -0.39 is 0 Å². The van der Waals surface area contributed by atoms with E-state index in [1.54, 1.807) is 14.2 Å². The maximum Gasteiger partial charge on any atom is 0.255 e. The lowest BCUT2D eigenvalue weighted by atomic mass is 9.92. The third-order valence-corrected chi connectivity index (χ3v) is 7.39. The molecule has 1 amide bonds. The zero-order valence-electron chi connectivity index (χ0n) is 21.1. The Morgan fingerprint density at radius 3 is 2.32 bits per heavy atom. The van der Waals surface area contributed by atoms with Crippen molar-refractivity contribution in [2.45, 2.75) is 19.0 Å². The van der Waals surface area contributed by atoms with Crippen molar-refractivity contribution in [1.29, 1.82) is 0 Å². The lowest BCUT2D eigenvalue weighted by Crippen LogP contribution is -2.31. The SMILES string of the molecule is COc1ccc(OC)c(-c2[nH]c3ccccc3c2[C@@H]2c3ccccc3C(=O)N2[C@@H](C)c2ccccc2)c1. The summed E-state index contributed by atoms with van der Waals surface area (Å²) in [7, 11) is 3.33. The molecule has 0 unspecified atom stereocenters. The quantitative estimate of drug-likeness (QED) is 0.276. The lowest BCUT2D eigenvalue weighted by Gasteiger charge is -2.32. The minimum absolute atomic E-state index is 0.0331. The Morgan fingerprint density at radius 1 is 0.811 bits per heavy atom. The average molecular weight is 489 g/mol. The van der Waals surface area contributed by atoms with Crippen LogP contribution in [0.4, 0.5) is 0 Å². The number of aromatic nitrogens is 1. The van der Waals surface area contributed by atoms with Crippen molar-refractivity contribution >= 4 is 16.8 Å². The topological polar surface area (TPSA) is 54.6 Å². The summed E-state index contributed by atoms with van der Waals surface area (Å²) in [6.07, 6.45) is 0. The van der Waals surface area contributed by atoms with Gasteiger partial charge in [0.15, 0.2) is 0 Å². The van der Waals surface area contributed by atoms with Crippen LogP contribution in [-0.2, 0) is 0 Å². The number of hydrogen-bond donors (Lipinski definition) is 1. The predicted molar refractivity (Wildman–Crippen MR) is 146 cm³/mol. The molecular weight excluding hydrogens is 460 g/mol. The summed E-state index contributed by atoms with van der Waals surface area (Å²) in [5, 5.41) is 1.07. The van der Waals surface area contributed by atoms with Crippen LogP contribution in [0.25, 0.3) is 22.2 Å². The molecule has 5 aromatic rings. The summed E-state index contributed by atoms with van der Waals surface area (Å²) in [6.45, 7) is 2.10. The van der Waals surface area contributed by atoms with Crippen molar-refractivity contribution in [1.82, 2.24) is 9.88 Å². The van der Waals surface area contributed by atoms with E-state index in [9.17, 15) is 4.79 Å². The number of benzene rings is 4. The van der Waals surface area contributed by atoms with Crippen LogP contribution >= 0.6 is 0 Å². The van der Waals surface area contributed by atoms with Crippen molar-refractivity contribution in [3.63, 3.8) is 0 Å². The zero-order chi connectivity index (χ0) is 25.5. The Labute approximate surface area is 216 Å². The Hall–Kier alpha value is -4.51. The fourth-order valence-electron chi connectivity index (χ4n) is 5.59. The van der Waals surface area contributed by atoms with Gasteiger partial charge in [-0.05, 0) is 48.4 Å². The number of methoxy groups -OCH3 is 2. The summed E-state index contributed by atoms with van der Waals surface area (Å²) < 4.78 is 11.4. The number of carbonyl (C=O) groups excluding carboxylic acids is 1. The molecular formula is C32H28N2O3.